The van der Waals surface area contributed by atoms with E-state index in [4.69, 9.17) is 4.74 Å². The third-order valence-corrected chi connectivity index (χ3v) is 5.28. The van der Waals surface area contributed by atoms with Crippen molar-refractivity contribution >= 4 is 11.8 Å². The van der Waals surface area contributed by atoms with E-state index in [2.05, 4.69) is 15.3 Å². The fraction of sp³-hybridized carbons (Fsp3) is 0.250. The van der Waals surface area contributed by atoms with Crippen molar-refractivity contribution in [1.29, 1.82) is 0 Å². The molecule has 0 radical (unpaired) electrons. The lowest BCUT2D eigenvalue weighted by atomic mass is 9.93. The maximum atomic E-state index is 13.4. The van der Waals surface area contributed by atoms with Gasteiger partial charge in [-0.25, -0.2) is 0 Å². The van der Waals surface area contributed by atoms with Crippen LogP contribution in [0.4, 0.5) is 0 Å². The zero-order valence-corrected chi connectivity index (χ0v) is 17.1. The van der Waals surface area contributed by atoms with Crippen molar-refractivity contribution in [3.63, 3.8) is 0 Å². The van der Waals surface area contributed by atoms with E-state index in [0.29, 0.717) is 18.7 Å². The monoisotopic (exact) mass is 416 g/mol. The molecule has 1 atom stereocenters. The number of hydrogen-bond acceptors (Lipinski definition) is 5. The van der Waals surface area contributed by atoms with Gasteiger partial charge in [0.05, 0.1) is 18.7 Å². The van der Waals surface area contributed by atoms with Gasteiger partial charge in [0, 0.05) is 43.8 Å². The maximum Gasteiger partial charge on any atom is 0.255 e. The molecule has 0 aliphatic carbocycles. The number of hydrogen-bond donors (Lipinski definition) is 1. The summed E-state index contributed by atoms with van der Waals surface area (Å²) in [6.45, 7) is 1.18. The molecular formula is C24H24N4O3. The molecule has 0 spiro atoms. The second kappa shape index (κ2) is 9.49. The van der Waals surface area contributed by atoms with Gasteiger partial charge < -0.3 is 15.0 Å². The minimum Gasteiger partial charge on any atom is -0.361 e. The van der Waals surface area contributed by atoms with Crippen molar-refractivity contribution in [3.8, 4) is 0 Å². The quantitative estimate of drug-likeness (QED) is 0.666. The molecule has 158 valence electrons. The maximum absolute atomic E-state index is 13.4. The number of amides is 2. The number of nitrogens with one attached hydrogen (secondary N) is 1. The zero-order chi connectivity index (χ0) is 21.5. The van der Waals surface area contributed by atoms with E-state index < -0.39 is 5.60 Å². The summed E-state index contributed by atoms with van der Waals surface area (Å²) >= 11 is 0. The number of morpholine rings is 1. The molecule has 7 heteroatoms. The van der Waals surface area contributed by atoms with Gasteiger partial charge in [-0.05, 0) is 29.8 Å². The third kappa shape index (κ3) is 4.95. The Morgan fingerprint density at radius 1 is 1.03 bits per heavy atom. The molecule has 1 fully saturated rings. The topological polar surface area (TPSA) is 84.4 Å². The summed E-state index contributed by atoms with van der Waals surface area (Å²) in [6.07, 6.45) is 5.11. The van der Waals surface area contributed by atoms with Crippen LogP contribution in [-0.2, 0) is 22.5 Å². The van der Waals surface area contributed by atoms with Crippen molar-refractivity contribution < 1.29 is 14.3 Å². The van der Waals surface area contributed by atoms with Gasteiger partial charge in [-0.1, -0.05) is 36.4 Å². The lowest BCUT2D eigenvalue weighted by Crippen LogP contribution is -2.62. The van der Waals surface area contributed by atoms with E-state index in [1.165, 1.54) is 6.20 Å². The van der Waals surface area contributed by atoms with E-state index in [0.717, 1.165) is 11.3 Å². The number of rotatable bonds is 6. The summed E-state index contributed by atoms with van der Waals surface area (Å²) in [7, 11) is 0. The number of benzene rings is 1. The summed E-state index contributed by atoms with van der Waals surface area (Å²) < 4.78 is 6.07. The molecule has 1 aliphatic rings. The van der Waals surface area contributed by atoms with Crippen LogP contribution in [0.15, 0.2) is 79.3 Å². The van der Waals surface area contributed by atoms with Crippen molar-refractivity contribution in [3.05, 3.63) is 96.1 Å². The smallest absolute Gasteiger partial charge is 0.255 e. The van der Waals surface area contributed by atoms with Crippen LogP contribution >= 0.6 is 0 Å². The molecule has 0 saturated carbocycles. The van der Waals surface area contributed by atoms with Crippen LogP contribution in [0.1, 0.15) is 21.6 Å². The van der Waals surface area contributed by atoms with Crippen molar-refractivity contribution in [1.82, 2.24) is 20.2 Å². The second-order valence-corrected chi connectivity index (χ2v) is 7.48. The van der Waals surface area contributed by atoms with Gasteiger partial charge in [0.15, 0.2) is 5.60 Å². The van der Waals surface area contributed by atoms with E-state index in [1.54, 1.807) is 29.4 Å². The number of aromatic nitrogens is 2. The molecule has 1 saturated heterocycles. The van der Waals surface area contributed by atoms with Gasteiger partial charge in [-0.2, -0.15) is 0 Å². The summed E-state index contributed by atoms with van der Waals surface area (Å²) in [5.41, 5.74) is 0.982. The summed E-state index contributed by atoms with van der Waals surface area (Å²) in [5.74, 6) is -0.427. The first kappa shape index (κ1) is 20.7. The Bertz CT molecular complexity index is 1010. The number of ether oxygens (including phenoxy) is 1. The lowest BCUT2D eigenvalue weighted by molar-refractivity contribution is -0.157. The molecule has 7 nitrogen and oxygen atoms in total. The first-order chi connectivity index (χ1) is 15.2. The highest BCUT2D eigenvalue weighted by molar-refractivity contribution is 5.95. The van der Waals surface area contributed by atoms with Gasteiger partial charge in [0.1, 0.15) is 0 Å². The van der Waals surface area contributed by atoms with E-state index in [1.807, 2.05) is 48.5 Å². The predicted octanol–water partition coefficient (Wildman–Crippen LogP) is 2.25. The number of carbonyl (C=O) groups excluding carboxylic acids is 2. The Hall–Kier alpha value is -3.58. The number of nitrogens with zero attached hydrogens (tertiary/aromatic N) is 3. The molecule has 0 unspecified atom stereocenters. The van der Waals surface area contributed by atoms with Crippen LogP contribution in [0.25, 0.3) is 0 Å². The highest BCUT2D eigenvalue weighted by Gasteiger charge is 2.45. The Labute approximate surface area is 181 Å². The average Bonchev–Trinajstić information content (AvgIpc) is 2.84. The summed E-state index contributed by atoms with van der Waals surface area (Å²) in [6, 6.07) is 18.7. The van der Waals surface area contributed by atoms with Crippen molar-refractivity contribution in [2.45, 2.75) is 18.6 Å². The van der Waals surface area contributed by atoms with Gasteiger partial charge in [-0.3, -0.25) is 19.6 Å². The van der Waals surface area contributed by atoms with Crippen molar-refractivity contribution in [2.24, 2.45) is 0 Å². The van der Waals surface area contributed by atoms with Gasteiger partial charge >= 0.3 is 0 Å². The van der Waals surface area contributed by atoms with Gasteiger partial charge in [-0.15, -0.1) is 0 Å². The van der Waals surface area contributed by atoms with Crippen LogP contribution in [-0.4, -0.2) is 52.0 Å². The van der Waals surface area contributed by atoms with Gasteiger partial charge in [0.2, 0.25) is 0 Å². The molecule has 3 aromatic rings. The standard InChI is InChI=1S/C24H24N4O3/c29-22(20-9-6-11-25-17-20)28-13-14-31-24(18-28,15-21-10-4-5-12-26-21)23(30)27-16-19-7-2-1-3-8-19/h1-12,17H,13-16,18H2,(H,27,30)/t24-/m0/s1. The summed E-state index contributed by atoms with van der Waals surface area (Å²) in [4.78, 5) is 36.5. The Balaban J connectivity index is 1.57. The third-order valence-electron chi connectivity index (χ3n) is 5.28. The fourth-order valence-electron chi connectivity index (χ4n) is 3.69. The fourth-order valence-corrected chi connectivity index (χ4v) is 3.69. The summed E-state index contributed by atoms with van der Waals surface area (Å²) in [5, 5.41) is 2.99. The molecule has 31 heavy (non-hydrogen) atoms. The van der Waals surface area contributed by atoms with Crippen LogP contribution < -0.4 is 5.32 Å². The first-order valence-electron chi connectivity index (χ1n) is 10.2. The van der Waals surface area contributed by atoms with Crippen LogP contribution in [0.2, 0.25) is 0 Å². The van der Waals surface area contributed by atoms with Crippen LogP contribution in [0.5, 0.6) is 0 Å². The Morgan fingerprint density at radius 2 is 1.87 bits per heavy atom. The normalized spacial score (nSPS) is 18.4. The van der Waals surface area contributed by atoms with E-state index in [9.17, 15) is 9.59 Å². The Morgan fingerprint density at radius 3 is 2.61 bits per heavy atom. The highest BCUT2D eigenvalue weighted by atomic mass is 16.5. The lowest BCUT2D eigenvalue weighted by Gasteiger charge is -2.41. The molecule has 1 aromatic carbocycles. The highest BCUT2D eigenvalue weighted by Crippen LogP contribution is 2.24. The van der Waals surface area contributed by atoms with E-state index in [-0.39, 0.29) is 31.4 Å². The van der Waals surface area contributed by atoms with Crippen molar-refractivity contribution in [2.75, 3.05) is 19.7 Å². The first-order valence-corrected chi connectivity index (χ1v) is 10.2. The molecule has 1 N–H and O–H groups in total. The molecular weight excluding hydrogens is 392 g/mol. The predicted molar refractivity (Wildman–Crippen MR) is 115 cm³/mol. The minimum absolute atomic E-state index is 0.137. The second-order valence-electron chi connectivity index (χ2n) is 7.48. The average molecular weight is 416 g/mol. The molecule has 3 heterocycles. The minimum atomic E-state index is -1.22. The van der Waals surface area contributed by atoms with Crippen LogP contribution in [0.3, 0.4) is 0 Å². The zero-order valence-electron chi connectivity index (χ0n) is 17.1. The molecule has 4 rings (SSSR count). The molecule has 2 aromatic heterocycles. The number of carbonyl (C=O) groups is 2. The SMILES string of the molecule is O=C(c1cccnc1)N1CCO[C@](Cc2ccccn2)(C(=O)NCc2ccccc2)C1. The Kier molecular flexibility index (Phi) is 6.33. The number of pyridine rings is 2. The molecule has 1 aliphatic heterocycles. The van der Waals surface area contributed by atoms with E-state index >= 15 is 0 Å². The molecule has 2 amide bonds. The molecule has 0 bridgehead atoms. The van der Waals surface area contributed by atoms with Crippen LogP contribution in [0, 0.1) is 0 Å². The largest absolute Gasteiger partial charge is 0.361 e. The van der Waals surface area contributed by atoms with Gasteiger partial charge in [0.25, 0.3) is 11.8 Å².